The van der Waals surface area contributed by atoms with E-state index in [-0.39, 0.29) is 17.0 Å². The van der Waals surface area contributed by atoms with Gasteiger partial charge in [-0.1, -0.05) is 40.2 Å². The lowest BCUT2D eigenvalue weighted by Gasteiger charge is -2.07. The van der Waals surface area contributed by atoms with Gasteiger partial charge in [-0.05, 0) is 54.4 Å². The lowest BCUT2D eigenvalue weighted by Crippen LogP contribution is -2.32. The lowest BCUT2D eigenvalue weighted by atomic mass is 10.2. The average Bonchev–Trinajstić information content (AvgIpc) is 2.81. The quantitative estimate of drug-likeness (QED) is 0.125. The van der Waals surface area contributed by atoms with Crippen molar-refractivity contribution >= 4 is 51.3 Å². The van der Waals surface area contributed by atoms with Crippen LogP contribution in [0.1, 0.15) is 21.5 Å². The minimum absolute atomic E-state index is 0.113. The summed E-state index contributed by atoms with van der Waals surface area (Å²) in [4.78, 5) is 46.9. The molecule has 2 amide bonds. The average molecular weight is 525 g/mol. The molecule has 3 aromatic carbocycles. The first-order valence-corrected chi connectivity index (χ1v) is 10.5. The number of hydrogen-bond donors (Lipinski definition) is 2. The van der Waals surface area contributed by atoms with E-state index in [9.17, 15) is 24.5 Å². The Hall–Kier alpha value is -4.38. The standard InChI is InChI=1S/C23H17BrN4O6/c1-14-11-16(24)9-10-19(14)26-21(29)22(30)27-25-13-15-5-4-6-17(12-15)34-23(31)18-7-2-3-8-20(18)28(32)33/h2-13H,1H3,(H,26,29)(H,27,30). The van der Waals surface area contributed by atoms with Crippen LogP contribution in [0.15, 0.2) is 76.3 Å². The fraction of sp³-hybridized carbons (Fsp3) is 0.0435. The summed E-state index contributed by atoms with van der Waals surface area (Å²) in [6.07, 6.45) is 1.25. The maximum absolute atomic E-state index is 12.4. The largest absolute Gasteiger partial charge is 0.423 e. The normalized spacial score (nSPS) is 10.5. The molecule has 0 aliphatic heterocycles. The summed E-state index contributed by atoms with van der Waals surface area (Å²) >= 11 is 3.32. The first-order chi connectivity index (χ1) is 16.2. The third-order valence-electron chi connectivity index (χ3n) is 4.41. The number of halogens is 1. The van der Waals surface area contributed by atoms with Crippen LogP contribution in [-0.4, -0.2) is 28.9 Å². The van der Waals surface area contributed by atoms with Crippen molar-refractivity contribution in [2.75, 3.05) is 5.32 Å². The first kappa shape index (κ1) is 24.3. The van der Waals surface area contributed by atoms with Gasteiger partial charge in [0.05, 0.1) is 11.1 Å². The number of hydrogen-bond acceptors (Lipinski definition) is 7. The highest BCUT2D eigenvalue weighted by Gasteiger charge is 2.21. The van der Waals surface area contributed by atoms with E-state index in [0.29, 0.717) is 11.3 Å². The van der Waals surface area contributed by atoms with E-state index in [1.54, 1.807) is 37.3 Å². The summed E-state index contributed by atoms with van der Waals surface area (Å²) in [5.41, 5.74) is 3.25. The highest BCUT2D eigenvalue weighted by atomic mass is 79.9. The Morgan fingerprint density at radius 2 is 1.79 bits per heavy atom. The van der Waals surface area contributed by atoms with Crippen LogP contribution in [0.25, 0.3) is 0 Å². The Balaban J connectivity index is 1.61. The number of nitrogens with zero attached hydrogens (tertiary/aromatic N) is 2. The number of anilines is 1. The number of nitro benzene ring substituents is 1. The summed E-state index contributed by atoms with van der Waals surface area (Å²) in [6.45, 7) is 1.78. The minimum atomic E-state index is -0.975. The number of nitro groups is 1. The molecule has 0 atom stereocenters. The Morgan fingerprint density at radius 3 is 2.53 bits per heavy atom. The second-order valence-electron chi connectivity index (χ2n) is 6.85. The van der Waals surface area contributed by atoms with Crippen LogP contribution in [0.3, 0.4) is 0 Å². The molecule has 0 aromatic heterocycles. The van der Waals surface area contributed by atoms with E-state index in [0.717, 1.165) is 10.0 Å². The molecule has 3 rings (SSSR count). The predicted octanol–water partition coefficient (Wildman–Crippen LogP) is 3.97. The summed E-state index contributed by atoms with van der Waals surface area (Å²) in [5.74, 6) is -2.65. The number of esters is 1. The van der Waals surface area contributed by atoms with Crippen molar-refractivity contribution in [3.05, 3.63) is 98.0 Å². The zero-order valence-corrected chi connectivity index (χ0v) is 19.2. The molecule has 0 unspecified atom stereocenters. The van der Waals surface area contributed by atoms with Crippen LogP contribution in [0, 0.1) is 17.0 Å². The SMILES string of the molecule is Cc1cc(Br)ccc1NC(=O)C(=O)NN=Cc1cccc(OC(=O)c2ccccc2[N+](=O)[O-])c1. The fourth-order valence-corrected chi connectivity index (χ4v) is 3.26. The molecule has 0 saturated heterocycles. The van der Waals surface area contributed by atoms with Gasteiger partial charge in [0.1, 0.15) is 11.3 Å². The van der Waals surface area contributed by atoms with Gasteiger partial charge in [0.2, 0.25) is 0 Å². The Morgan fingerprint density at radius 1 is 1.03 bits per heavy atom. The number of carbonyl (C=O) groups is 3. The number of aryl methyl sites for hydroxylation is 1. The monoisotopic (exact) mass is 524 g/mol. The van der Waals surface area contributed by atoms with Gasteiger partial charge in [0.15, 0.2) is 0 Å². The maximum Gasteiger partial charge on any atom is 0.350 e. The summed E-state index contributed by atoms with van der Waals surface area (Å²) < 4.78 is 6.06. The van der Waals surface area contributed by atoms with Gasteiger partial charge >= 0.3 is 17.8 Å². The van der Waals surface area contributed by atoms with Gasteiger partial charge in [-0.25, -0.2) is 10.2 Å². The Bertz CT molecular complexity index is 1310. The van der Waals surface area contributed by atoms with E-state index < -0.39 is 22.7 Å². The fourth-order valence-electron chi connectivity index (χ4n) is 2.79. The smallest absolute Gasteiger partial charge is 0.350 e. The zero-order chi connectivity index (χ0) is 24.7. The van der Waals surface area contributed by atoms with E-state index in [2.05, 4.69) is 31.8 Å². The molecule has 2 N–H and O–H groups in total. The molecule has 34 heavy (non-hydrogen) atoms. The van der Waals surface area contributed by atoms with Crippen molar-refractivity contribution in [1.29, 1.82) is 0 Å². The van der Waals surface area contributed by atoms with Gasteiger partial charge in [0.25, 0.3) is 5.69 Å². The highest BCUT2D eigenvalue weighted by molar-refractivity contribution is 9.10. The van der Waals surface area contributed by atoms with Gasteiger partial charge in [-0.3, -0.25) is 19.7 Å². The van der Waals surface area contributed by atoms with Crippen LogP contribution >= 0.6 is 15.9 Å². The summed E-state index contributed by atoms with van der Waals surface area (Å²) in [7, 11) is 0. The number of para-hydroxylation sites is 1. The molecule has 172 valence electrons. The predicted molar refractivity (Wildman–Crippen MR) is 128 cm³/mol. The minimum Gasteiger partial charge on any atom is -0.423 e. The lowest BCUT2D eigenvalue weighted by molar-refractivity contribution is -0.385. The second-order valence-corrected chi connectivity index (χ2v) is 7.76. The number of carbonyl (C=O) groups excluding carboxylic acids is 3. The van der Waals surface area contributed by atoms with Crippen LogP contribution < -0.4 is 15.5 Å². The molecular formula is C23H17BrN4O6. The number of nitrogens with one attached hydrogen (secondary N) is 2. The number of hydrazone groups is 1. The third kappa shape index (κ3) is 6.33. The number of benzene rings is 3. The van der Waals surface area contributed by atoms with E-state index >= 15 is 0 Å². The molecule has 0 heterocycles. The molecule has 10 nitrogen and oxygen atoms in total. The van der Waals surface area contributed by atoms with Gasteiger partial charge in [-0.15, -0.1) is 0 Å². The van der Waals surface area contributed by atoms with Crippen molar-refractivity contribution in [3.63, 3.8) is 0 Å². The molecule has 0 fully saturated rings. The molecule has 0 aliphatic carbocycles. The summed E-state index contributed by atoms with van der Waals surface area (Å²) in [6, 6.07) is 16.7. The van der Waals surface area contributed by atoms with Crippen molar-refractivity contribution in [2.45, 2.75) is 6.92 Å². The summed E-state index contributed by atoms with van der Waals surface area (Å²) in [5, 5.41) is 17.3. The van der Waals surface area contributed by atoms with Crippen LogP contribution in [-0.2, 0) is 9.59 Å². The molecule has 0 radical (unpaired) electrons. The van der Waals surface area contributed by atoms with Crippen LogP contribution in [0.2, 0.25) is 0 Å². The molecular weight excluding hydrogens is 508 g/mol. The van der Waals surface area contributed by atoms with Crippen molar-refractivity contribution in [3.8, 4) is 5.75 Å². The van der Waals surface area contributed by atoms with Crippen molar-refractivity contribution < 1.29 is 24.0 Å². The third-order valence-corrected chi connectivity index (χ3v) is 4.91. The topological polar surface area (TPSA) is 140 Å². The second kappa shape index (κ2) is 11.0. The van der Waals surface area contributed by atoms with Gasteiger partial charge < -0.3 is 10.1 Å². The molecule has 0 saturated carbocycles. The Kier molecular flexibility index (Phi) is 7.83. The van der Waals surface area contributed by atoms with E-state index in [1.165, 1.54) is 42.6 Å². The van der Waals surface area contributed by atoms with E-state index in [4.69, 9.17) is 4.74 Å². The molecule has 3 aromatic rings. The van der Waals surface area contributed by atoms with E-state index in [1.807, 2.05) is 0 Å². The number of amides is 2. The first-order valence-electron chi connectivity index (χ1n) is 9.71. The van der Waals surface area contributed by atoms with Crippen LogP contribution in [0.5, 0.6) is 5.75 Å². The highest BCUT2D eigenvalue weighted by Crippen LogP contribution is 2.21. The number of rotatable bonds is 6. The van der Waals surface area contributed by atoms with Gasteiger partial charge in [-0.2, -0.15) is 5.10 Å². The molecule has 0 spiro atoms. The van der Waals surface area contributed by atoms with Gasteiger partial charge in [0, 0.05) is 16.2 Å². The molecule has 0 aliphatic rings. The number of ether oxygens (including phenoxy) is 1. The zero-order valence-electron chi connectivity index (χ0n) is 17.7. The van der Waals surface area contributed by atoms with Crippen LogP contribution in [0.4, 0.5) is 11.4 Å². The molecule has 0 bridgehead atoms. The molecule has 11 heteroatoms. The van der Waals surface area contributed by atoms with Crippen molar-refractivity contribution in [2.24, 2.45) is 5.10 Å². The Labute approximate surface area is 201 Å². The maximum atomic E-state index is 12.4. The van der Waals surface area contributed by atoms with Crippen molar-refractivity contribution in [1.82, 2.24) is 5.43 Å².